The number of aromatic nitrogens is 1. The summed E-state index contributed by atoms with van der Waals surface area (Å²) < 4.78 is 2.69. The summed E-state index contributed by atoms with van der Waals surface area (Å²) in [5.74, 6) is -0.0819. The fraction of sp³-hybridized carbons (Fsp3) is 0.136. The van der Waals surface area contributed by atoms with Crippen molar-refractivity contribution in [2.75, 3.05) is 6.54 Å². The van der Waals surface area contributed by atoms with Crippen molar-refractivity contribution < 1.29 is 4.79 Å². The second-order valence-corrected chi connectivity index (χ2v) is 8.81. The molecule has 1 saturated heterocycles. The average Bonchev–Trinajstić information content (AvgIpc) is 3.23. The van der Waals surface area contributed by atoms with Crippen LogP contribution in [0, 0.1) is 11.3 Å². The van der Waals surface area contributed by atoms with E-state index < -0.39 is 0 Å². The van der Waals surface area contributed by atoms with Crippen molar-refractivity contribution in [3.05, 3.63) is 68.6 Å². The summed E-state index contributed by atoms with van der Waals surface area (Å²) in [6, 6.07) is 15.5. The number of hydrogen-bond donors (Lipinski definition) is 0. The van der Waals surface area contributed by atoms with Crippen molar-refractivity contribution in [2.24, 2.45) is 4.99 Å². The number of fused-ring (bicyclic) bond motifs is 1. The number of amidine groups is 1. The standard InChI is InChI=1S/C22H16BrClN4OS/c1-2-28-21(29)20(30-22(28)26-15-7-8-17(23)18(24)12-15)11-14-13-27(10-9-25)19-6-4-3-5-16(14)19/h3-8,11-13H,2,10H2,1H3/b20-11+,26-22?. The minimum absolute atomic E-state index is 0.0819. The second kappa shape index (κ2) is 8.68. The molecule has 8 heteroatoms. The van der Waals surface area contributed by atoms with E-state index in [1.165, 1.54) is 11.8 Å². The van der Waals surface area contributed by atoms with E-state index in [0.717, 1.165) is 20.9 Å². The number of rotatable bonds is 4. The molecule has 1 aliphatic heterocycles. The number of nitriles is 1. The molecule has 0 N–H and O–H groups in total. The third-order valence-electron chi connectivity index (χ3n) is 4.68. The summed E-state index contributed by atoms with van der Waals surface area (Å²) in [5.41, 5.74) is 2.55. The van der Waals surface area contributed by atoms with Crippen LogP contribution < -0.4 is 0 Å². The number of aliphatic imine (C=N–C) groups is 1. The summed E-state index contributed by atoms with van der Waals surface area (Å²) in [6.07, 6.45) is 3.79. The lowest BCUT2D eigenvalue weighted by molar-refractivity contribution is -0.122. The van der Waals surface area contributed by atoms with Gasteiger partial charge in [-0.15, -0.1) is 0 Å². The zero-order valence-corrected chi connectivity index (χ0v) is 19.1. The molecule has 30 heavy (non-hydrogen) atoms. The number of likely N-dealkylation sites (N-methyl/N-ethyl adjacent to an activating group) is 1. The Bertz CT molecular complexity index is 1260. The molecule has 2 heterocycles. The smallest absolute Gasteiger partial charge is 0.266 e. The van der Waals surface area contributed by atoms with Crippen molar-refractivity contribution >= 4 is 73.0 Å². The average molecular weight is 500 g/mol. The molecule has 0 spiro atoms. The Labute approximate surface area is 191 Å². The van der Waals surface area contributed by atoms with Crippen molar-refractivity contribution in [2.45, 2.75) is 13.5 Å². The number of para-hydroxylation sites is 1. The maximum absolute atomic E-state index is 13.0. The molecule has 150 valence electrons. The first-order chi connectivity index (χ1) is 14.5. The summed E-state index contributed by atoms with van der Waals surface area (Å²) >= 11 is 10.9. The van der Waals surface area contributed by atoms with Crippen LogP contribution in [0.1, 0.15) is 12.5 Å². The van der Waals surface area contributed by atoms with Gasteiger partial charge in [0.15, 0.2) is 5.17 Å². The zero-order chi connectivity index (χ0) is 21.3. The molecule has 0 radical (unpaired) electrons. The number of carbonyl (C=O) groups is 1. The van der Waals surface area contributed by atoms with Crippen LogP contribution in [0.5, 0.6) is 0 Å². The van der Waals surface area contributed by atoms with E-state index in [9.17, 15) is 4.79 Å². The van der Waals surface area contributed by atoms with E-state index in [4.69, 9.17) is 16.9 Å². The zero-order valence-electron chi connectivity index (χ0n) is 16.0. The van der Waals surface area contributed by atoms with Crippen LogP contribution in [0.15, 0.2) is 63.0 Å². The Balaban J connectivity index is 1.74. The molecule has 2 aromatic carbocycles. The summed E-state index contributed by atoms with van der Waals surface area (Å²) in [6.45, 7) is 2.69. The molecule has 5 nitrogen and oxygen atoms in total. The van der Waals surface area contributed by atoms with Crippen LogP contribution in [-0.2, 0) is 11.3 Å². The van der Waals surface area contributed by atoms with Crippen LogP contribution in [0.4, 0.5) is 5.69 Å². The number of benzene rings is 2. The van der Waals surface area contributed by atoms with E-state index in [0.29, 0.717) is 27.3 Å². The molecule has 0 unspecified atom stereocenters. The number of nitrogens with zero attached hydrogens (tertiary/aromatic N) is 4. The normalized spacial score (nSPS) is 16.7. The Morgan fingerprint density at radius 2 is 2.10 bits per heavy atom. The van der Waals surface area contributed by atoms with Gasteiger partial charge in [0.05, 0.1) is 21.7 Å². The van der Waals surface area contributed by atoms with Crippen molar-refractivity contribution in [1.29, 1.82) is 5.26 Å². The Hall–Kier alpha value is -2.53. The lowest BCUT2D eigenvalue weighted by Gasteiger charge is -2.12. The quantitative estimate of drug-likeness (QED) is 0.401. The monoisotopic (exact) mass is 498 g/mol. The van der Waals surface area contributed by atoms with E-state index in [-0.39, 0.29) is 12.5 Å². The van der Waals surface area contributed by atoms with Gasteiger partial charge in [-0.3, -0.25) is 9.69 Å². The van der Waals surface area contributed by atoms with Crippen LogP contribution in [0.25, 0.3) is 17.0 Å². The van der Waals surface area contributed by atoms with Crippen molar-refractivity contribution in [3.8, 4) is 6.07 Å². The van der Waals surface area contributed by atoms with Gasteiger partial charge in [-0.2, -0.15) is 5.26 Å². The highest BCUT2D eigenvalue weighted by atomic mass is 79.9. The maximum Gasteiger partial charge on any atom is 0.266 e. The number of carbonyl (C=O) groups excluding carboxylic acids is 1. The van der Waals surface area contributed by atoms with E-state index >= 15 is 0 Å². The minimum Gasteiger partial charge on any atom is -0.333 e. The maximum atomic E-state index is 13.0. The first-order valence-electron chi connectivity index (χ1n) is 9.21. The van der Waals surface area contributed by atoms with Gasteiger partial charge in [0.1, 0.15) is 6.54 Å². The number of thioether (sulfide) groups is 1. The van der Waals surface area contributed by atoms with E-state index in [2.05, 4.69) is 27.0 Å². The van der Waals surface area contributed by atoms with Gasteiger partial charge in [-0.05, 0) is 65.0 Å². The highest BCUT2D eigenvalue weighted by Gasteiger charge is 2.32. The predicted octanol–water partition coefficient (Wildman–Crippen LogP) is 6.20. The van der Waals surface area contributed by atoms with Gasteiger partial charge < -0.3 is 4.57 Å². The van der Waals surface area contributed by atoms with Crippen LogP contribution in [0.3, 0.4) is 0 Å². The first-order valence-corrected chi connectivity index (χ1v) is 11.2. The molecule has 0 aliphatic carbocycles. The van der Waals surface area contributed by atoms with Crippen molar-refractivity contribution in [1.82, 2.24) is 9.47 Å². The minimum atomic E-state index is -0.0819. The van der Waals surface area contributed by atoms with Crippen LogP contribution in [-0.4, -0.2) is 27.1 Å². The highest BCUT2D eigenvalue weighted by molar-refractivity contribution is 9.10. The van der Waals surface area contributed by atoms with Crippen molar-refractivity contribution in [3.63, 3.8) is 0 Å². The lowest BCUT2D eigenvalue weighted by atomic mass is 10.1. The van der Waals surface area contributed by atoms with Gasteiger partial charge in [-0.1, -0.05) is 29.8 Å². The Kier molecular flexibility index (Phi) is 6.00. The predicted molar refractivity (Wildman–Crippen MR) is 127 cm³/mol. The molecule has 0 saturated carbocycles. The largest absolute Gasteiger partial charge is 0.333 e. The number of hydrogen-bond acceptors (Lipinski definition) is 4. The molecule has 1 aliphatic rings. The molecule has 1 amide bonds. The molecule has 1 aromatic heterocycles. The SMILES string of the molecule is CCN1C(=O)/C(=C\c2cn(CC#N)c3ccccc23)SC1=Nc1ccc(Br)c(Cl)c1. The third-order valence-corrected chi connectivity index (χ3v) is 6.92. The van der Waals surface area contributed by atoms with E-state index in [1.54, 1.807) is 11.0 Å². The topological polar surface area (TPSA) is 61.4 Å². The van der Waals surface area contributed by atoms with Gasteiger partial charge in [0, 0.05) is 33.7 Å². The Morgan fingerprint density at radius 1 is 1.30 bits per heavy atom. The lowest BCUT2D eigenvalue weighted by Crippen LogP contribution is -2.28. The molecule has 1 fully saturated rings. The number of halogens is 2. The molecule has 0 bridgehead atoms. The van der Waals surface area contributed by atoms with Gasteiger partial charge in [0.2, 0.25) is 0 Å². The number of amides is 1. The molecular formula is C22H16BrClN4OS. The summed E-state index contributed by atoms with van der Waals surface area (Å²) in [5, 5.41) is 11.3. The summed E-state index contributed by atoms with van der Waals surface area (Å²) in [7, 11) is 0. The van der Waals surface area contributed by atoms with Gasteiger partial charge >= 0.3 is 0 Å². The molecular weight excluding hydrogens is 484 g/mol. The molecule has 4 rings (SSSR count). The highest BCUT2D eigenvalue weighted by Crippen LogP contribution is 2.36. The first kappa shape index (κ1) is 20.7. The third kappa shape index (κ3) is 3.91. The van der Waals surface area contributed by atoms with Gasteiger partial charge in [0.25, 0.3) is 5.91 Å². The molecule has 3 aromatic rings. The second-order valence-electron chi connectivity index (χ2n) is 6.54. The van der Waals surface area contributed by atoms with Crippen LogP contribution >= 0.6 is 39.3 Å². The fourth-order valence-electron chi connectivity index (χ4n) is 3.27. The van der Waals surface area contributed by atoms with Gasteiger partial charge in [-0.25, -0.2) is 4.99 Å². The fourth-order valence-corrected chi connectivity index (χ4v) is 4.75. The summed E-state index contributed by atoms with van der Waals surface area (Å²) in [4.78, 5) is 19.9. The van der Waals surface area contributed by atoms with E-state index in [1.807, 2.05) is 60.2 Å². The Morgan fingerprint density at radius 3 is 2.83 bits per heavy atom. The van der Waals surface area contributed by atoms with Crippen LogP contribution in [0.2, 0.25) is 5.02 Å². The molecule has 0 atom stereocenters.